The molecule has 0 amide bonds. The van der Waals surface area contributed by atoms with Crippen LogP contribution in [0.25, 0.3) is 21.7 Å². The summed E-state index contributed by atoms with van der Waals surface area (Å²) in [6, 6.07) is 10.9. The first-order chi connectivity index (χ1) is 10.7. The molecule has 3 aromatic rings. The van der Waals surface area contributed by atoms with E-state index in [0.717, 1.165) is 23.9 Å². The molecule has 0 unspecified atom stereocenters. The molecule has 1 N–H and O–H groups in total. The molecule has 0 atom stereocenters. The highest BCUT2D eigenvalue weighted by molar-refractivity contribution is 6.05. The fraction of sp³-hybridized carbons (Fsp3) is 0.278. The lowest BCUT2D eigenvalue weighted by atomic mass is 10.0. The zero-order valence-corrected chi connectivity index (χ0v) is 14.0. The van der Waals surface area contributed by atoms with Crippen LogP contribution in [0.2, 0.25) is 0 Å². The maximum Gasteiger partial charge on any atom is 0.344 e. The molecule has 122 valence electrons. The number of rotatable bonds is 4. The smallest absolute Gasteiger partial charge is 0.344 e. The number of benzene rings is 2. The van der Waals surface area contributed by atoms with Crippen molar-refractivity contribution >= 4 is 34.1 Å². The second-order valence-electron chi connectivity index (χ2n) is 5.34. The highest BCUT2D eigenvalue weighted by atomic mass is 35.5. The van der Waals surface area contributed by atoms with Gasteiger partial charge in [0.2, 0.25) is 0 Å². The predicted octanol–water partition coefficient (Wildman–Crippen LogP) is 3.92. The van der Waals surface area contributed by atoms with Gasteiger partial charge in [0.15, 0.2) is 0 Å². The molecule has 0 aliphatic heterocycles. The molecule has 0 spiro atoms. The summed E-state index contributed by atoms with van der Waals surface area (Å²) in [6.45, 7) is 6.42. The summed E-state index contributed by atoms with van der Waals surface area (Å²) in [6.07, 6.45) is 0. The Hall–Kier alpha value is -2.04. The van der Waals surface area contributed by atoms with E-state index in [4.69, 9.17) is 4.42 Å². The van der Waals surface area contributed by atoms with Crippen molar-refractivity contribution in [3.05, 3.63) is 52.4 Å². The first-order valence-electron chi connectivity index (χ1n) is 7.54. The molecule has 0 saturated heterocycles. The van der Waals surface area contributed by atoms with Gasteiger partial charge in [-0.15, -0.1) is 12.4 Å². The molecule has 0 aliphatic carbocycles. The van der Waals surface area contributed by atoms with Gasteiger partial charge in [0, 0.05) is 11.9 Å². The van der Waals surface area contributed by atoms with Crippen LogP contribution in [0.5, 0.6) is 5.75 Å². The number of phenols is 1. The molecule has 23 heavy (non-hydrogen) atoms. The van der Waals surface area contributed by atoms with Crippen LogP contribution >= 0.6 is 12.4 Å². The van der Waals surface area contributed by atoms with E-state index in [9.17, 15) is 9.90 Å². The zero-order valence-electron chi connectivity index (χ0n) is 13.2. The van der Waals surface area contributed by atoms with Gasteiger partial charge in [0.25, 0.3) is 0 Å². The Kier molecular flexibility index (Phi) is 5.29. The summed E-state index contributed by atoms with van der Waals surface area (Å²) >= 11 is 0. The van der Waals surface area contributed by atoms with Crippen molar-refractivity contribution in [1.82, 2.24) is 4.90 Å². The summed E-state index contributed by atoms with van der Waals surface area (Å²) in [4.78, 5) is 14.4. The van der Waals surface area contributed by atoms with E-state index >= 15 is 0 Å². The van der Waals surface area contributed by atoms with Crippen molar-refractivity contribution < 1.29 is 9.52 Å². The second-order valence-corrected chi connectivity index (χ2v) is 5.34. The van der Waals surface area contributed by atoms with Gasteiger partial charge >= 0.3 is 5.63 Å². The number of nitrogens with zero attached hydrogens (tertiary/aromatic N) is 1. The molecule has 4 nitrogen and oxygen atoms in total. The summed E-state index contributed by atoms with van der Waals surface area (Å²) in [5, 5.41) is 12.5. The standard InChI is InChI=1S/C18H19NO3.ClH/c1-3-19(4-2)11-15-16(20)10-9-13-12-7-5-6-8-14(12)18(21)22-17(13)15;/h5-10,20H,3-4,11H2,1-2H3;1H. The highest BCUT2D eigenvalue weighted by Gasteiger charge is 2.15. The highest BCUT2D eigenvalue weighted by Crippen LogP contribution is 2.31. The monoisotopic (exact) mass is 333 g/mol. The number of aromatic hydroxyl groups is 1. The van der Waals surface area contributed by atoms with Crippen LogP contribution < -0.4 is 5.63 Å². The Morgan fingerprint density at radius 2 is 1.65 bits per heavy atom. The summed E-state index contributed by atoms with van der Waals surface area (Å²) in [7, 11) is 0. The normalized spacial score (nSPS) is 11.1. The number of hydrogen-bond donors (Lipinski definition) is 1. The Labute approximate surface area is 140 Å². The lowest BCUT2D eigenvalue weighted by molar-refractivity contribution is 0.290. The third-order valence-electron chi connectivity index (χ3n) is 4.14. The van der Waals surface area contributed by atoms with E-state index < -0.39 is 0 Å². The van der Waals surface area contributed by atoms with Gasteiger partial charge in [-0.05, 0) is 36.7 Å². The number of phenolic OH excluding ortho intramolecular Hbond substituents is 1. The third-order valence-corrected chi connectivity index (χ3v) is 4.14. The molecule has 2 aromatic carbocycles. The van der Waals surface area contributed by atoms with Gasteiger partial charge in [0.1, 0.15) is 11.3 Å². The summed E-state index contributed by atoms with van der Waals surface area (Å²) in [5.74, 6) is 0.165. The minimum atomic E-state index is -0.366. The van der Waals surface area contributed by atoms with Gasteiger partial charge in [-0.3, -0.25) is 4.90 Å². The molecule has 0 fully saturated rings. The maximum absolute atomic E-state index is 12.2. The lowest BCUT2D eigenvalue weighted by Gasteiger charge is -2.19. The number of halogens is 1. The van der Waals surface area contributed by atoms with Crippen molar-refractivity contribution in [2.24, 2.45) is 0 Å². The topological polar surface area (TPSA) is 53.7 Å². The molecule has 1 heterocycles. The Bertz CT molecular complexity index is 884. The molecule has 1 aromatic heterocycles. The van der Waals surface area contributed by atoms with Crippen molar-refractivity contribution in [3.8, 4) is 5.75 Å². The molecule has 0 aliphatic rings. The van der Waals surface area contributed by atoms with E-state index in [2.05, 4.69) is 18.7 Å². The van der Waals surface area contributed by atoms with Gasteiger partial charge in [0.05, 0.1) is 10.9 Å². The largest absolute Gasteiger partial charge is 0.507 e. The average molecular weight is 334 g/mol. The number of hydrogen-bond acceptors (Lipinski definition) is 4. The molecular weight excluding hydrogens is 314 g/mol. The SMILES string of the molecule is CCN(CC)Cc1c(O)ccc2c1oc(=O)c1ccccc12.Cl. The van der Waals surface area contributed by atoms with Gasteiger partial charge in [-0.2, -0.15) is 0 Å². The maximum atomic E-state index is 12.2. The second kappa shape index (κ2) is 7.02. The predicted molar refractivity (Wildman–Crippen MR) is 95.5 cm³/mol. The van der Waals surface area contributed by atoms with E-state index in [0.29, 0.717) is 23.1 Å². The van der Waals surface area contributed by atoms with Gasteiger partial charge in [-0.25, -0.2) is 4.79 Å². The first-order valence-corrected chi connectivity index (χ1v) is 7.54. The van der Waals surface area contributed by atoms with Crippen LogP contribution in [0.1, 0.15) is 19.4 Å². The van der Waals surface area contributed by atoms with Crippen molar-refractivity contribution in [2.45, 2.75) is 20.4 Å². The van der Waals surface area contributed by atoms with Gasteiger partial charge < -0.3 is 9.52 Å². The molecular formula is C18H20ClNO3. The molecule has 5 heteroatoms. The Morgan fingerprint density at radius 3 is 2.30 bits per heavy atom. The van der Waals surface area contributed by atoms with Crippen molar-refractivity contribution in [2.75, 3.05) is 13.1 Å². The van der Waals surface area contributed by atoms with E-state index in [1.165, 1.54) is 0 Å². The minimum Gasteiger partial charge on any atom is -0.507 e. The van der Waals surface area contributed by atoms with Crippen LogP contribution in [0.15, 0.2) is 45.6 Å². The van der Waals surface area contributed by atoms with Crippen molar-refractivity contribution in [3.63, 3.8) is 0 Å². The minimum absolute atomic E-state index is 0. The van der Waals surface area contributed by atoms with Crippen LogP contribution in [-0.4, -0.2) is 23.1 Å². The summed E-state index contributed by atoms with van der Waals surface area (Å²) in [5.41, 5.74) is 0.786. The first kappa shape index (κ1) is 17.3. The van der Waals surface area contributed by atoms with Crippen molar-refractivity contribution in [1.29, 1.82) is 0 Å². The zero-order chi connectivity index (χ0) is 15.7. The van der Waals surface area contributed by atoms with E-state index in [1.54, 1.807) is 12.1 Å². The Balaban J connectivity index is 0.00000192. The fourth-order valence-electron chi connectivity index (χ4n) is 2.81. The lowest BCUT2D eigenvalue weighted by Crippen LogP contribution is -2.22. The molecule has 0 saturated carbocycles. The van der Waals surface area contributed by atoms with E-state index in [-0.39, 0.29) is 23.8 Å². The van der Waals surface area contributed by atoms with E-state index in [1.807, 2.05) is 24.3 Å². The fourth-order valence-corrected chi connectivity index (χ4v) is 2.81. The summed E-state index contributed by atoms with van der Waals surface area (Å²) < 4.78 is 5.53. The average Bonchev–Trinajstić information content (AvgIpc) is 2.54. The van der Waals surface area contributed by atoms with Gasteiger partial charge in [-0.1, -0.05) is 32.0 Å². The molecule has 0 radical (unpaired) electrons. The van der Waals surface area contributed by atoms with Crippen LogP contribution in [0, 0.1) is 0 Å². The Morgan fingerprint density at radius 1 is 1.00 bits per heavy atom. The third kappa shape index (κ3) is 3.05. The quantitative estimate of drug-likeness (QED) is 0.581. The van der Waals surface area contributed by atoms with Crippen LogP contribution in [-0.2, 0) is 6.54 Å². The van der Waals surface area contributed by atoms with Crippen LogP contribution in [0.3, 0.4) is 0 Å². The molecule has 0 bridgehead atoms. The van der Waals surface area contributed by atoms with Crippen LogP contribution in [0.4, 0.5) is 0 Å². The molecule has 3 rings (SSSR count). The number of fused-ring (bicyclic) bond motifs is 3.